The fourth-order valence-electron chi connectivity index (χ4n) is 2.04. The molecule has 2 nitrogen and oxygen atoms in total. The fourth-order valence-corrected chi connectivity index (χ4v) is 2.42. The molecule has 1 aliphatic rings. The Morgan fingerprint density at radius 1 is 1.25 bits per heavy atom. The van der Waals surface area contributed by atoms with Gasteiger partial charge in [0.15, 0.2) is 0 Å². The predicted molar refractivity (Wildman–Crippen MR) is 71.1 cm³/mol. The molecule has 0 saturated carbocycles. The normalized spacial score (nSPS) is 16.2. The van der Waals surface area contributed by atoms with Gasteiger partial charge in [-0.05, 0) is 37.8 Å². The number of hydrogen-bond acceptors (Lipinski definition) is 1. The van der Waals surface area contributed by atoms with Crippen LogP contribution in [0.25, 0.3) is 0 Å². The van der Waals surface area contributed by atoms with Crippen molar-refractivity contribution in [2.24, 2.45) is 0 Å². The summed E-state index contributed by atoms with van der Waals surface area (Å²) in [5.74, 6) is 0.667. The first kappa shape index (κ1) is 11.6. The van der Waals surface area contributed by atoms with E-state index in [4.69, 9.17) is 5.41 Å². The van der Waals surface area contributed by atoms with Gasteiger partial charge in [-0.25, -0.2) is 0 Å². The smallest absolute Gasteiger partial charge is 0.128 e. The molecule has 0 unspecified atom stereocenters. The van der Waals surface area contributed by atoms with E-state index in [-0.39, 0.29) is 0 Å². The standard InChI is InChI=1S/C13H17BrN2/c1-10-5-6-11(9-12(10)14)13(15)16-7-3-2-4-8-16/h5-6,9,15H,2-4,7-8H2,1H3. The van der Waals surface area contributed by atoms with Gasteiger partial charge in [0, 0.05) is 23.1 Å². The third-order valence-corrected chi connectivity index (χ3v) is 3.97. The van der Waals surface area contributed by atoms with Gasteiger partial charge in [0.1, 0.15) is 5.84 Å². The first-order chi connectivity index (χ1) is 7.68. The number of piperidine rings is 1. The maximum absolute atomic E-state index is 8.20. The number of likely N-dealkylation sites (tertiary alicyclic amines) is 1. The minimum Gasteiger partial charge on any atom is -0.357 e. The fraction of sp³-hybridized carbons (Fsp3) is 0.462. The van der Waals surface area contributed by atoms with Gasteiger partial charge in [-0.15, -0.1) is 0 Å². The van der Waals surface area contributed by atoms with Crippen molar-refractivity contribution in [3.63, 3.8) is 0 Å². The largest absolute Gasteiger partial charge is 0.357 e. The molecule has 0 amide bonds. The summed E-state index contributed by atoms with van der Waals surface area (Å²) in [7, 11) is 0. The number of hydrogen-bond donors (Lipinski definition) is 1. The Bertz CT molecular complexity index is 395. The molecule has 1 aromatic carbocycles. The molecule has 1 fully saturated rings. The Hall–Kier alpha value is -0.830. The van der Waals surface area contributed by atoms with E-state index in [1.54, 1.807) is 0 Å². The van der Waals surface area contributed by atoms with Crippen LogP contribution in [0.2, 0.25) is 0 Å². The minimum absolute atomic E-state index is 0.667. The lowest BCUT2D eigenvalue weighted by atomic mass is 10.1. The van der Waals surface area contributed by atoms with E-state index in [1.165, 1.54) is 24.8 Å². The second kappa shape index (κ2) is 5.00. The molecule has 86 valence electrons. The van der Waals surface area contributed by atoms with Gasteiger partial charge >= 0.3 is 0 Å². The van der Waals surface area contributed by atoms with Crippen molar-refractivity contribution < 1.29 is 0 Å². The van der Waals surface area contributed by atoms with Crippen LogP contribution >= 0.6 is 15.9 Å². The van der Waals surface area contributed by atoms with E-state index < -0.39 is 0 Å². The number of rotatable bonds is 1. The average Bonchev–Trinajstić information content (AvgIpc) is 2.33. The van der Waals surface area contributed by atoms with Gasteiger partial charge in [-0.2, -0.15) is 0 Å². The van der Waals surface area contributed by atoms with Crippen LogP contribution in [-0.2, 0) is 0 Å². The summed E-state index contributed by atoms with van der Waals surface area (Å²) < 4.78 is 1.09. The molecular formula is C13H17BrN2. The molecule has 1 aromatic rings. The highest BCUT2D eigenvalue weighted by atomic mass is 79.9. The molecule has 1 N–H and O–H groups in total. The predicted octanol–water partition coefficient (Wildman–Crippen LogP) is 3.57. The zero-order valence-corrected chi connectivity index (χ0v) is 11.2. The Balaban J connectivity index is 2.16. The van der Waals surface area contributed by atoms with E-state index in [9.17, 15) is 0 Å². The zero-order valence-electron chi connectivity index (χ0n) is 9.59. The van der Waals surface area contributed by atoms with Crippen LogP contribution in [0, 0.1) is 12.3 Å². The Morgan fingerprint density at radius 3 is 2.56 bits per heavy atom. The lowest BCUT2D eigenvalue weighted by molar-refractivity contribution is 0.341. The quantitative estimate of drug-likeness (QED) is 0.618. The summed E-state index contributed by atoms with van der Waals surface area (Å²) in [4.78, 5) is 2.18. The van der Waals surface area contributed by atoms with Crippen LogP contribution in [0.5, 0.6) is 0 Å². The number of halogens is 1. The Morgan fingerprint density at radius 2 is 1.94 bits per heavy atom. The first-order valence-corrected chi connectivity index (χ1v) is 6.58. The van der Waals surface area contributed by atoms with Gasteiger partial charge in [0.2, 0.25) is 0 Å². The number of nitrogens with one attached hydrogen (secondary N) is 1. The maximum Gasteiger partial charge on any atom is 0.128 e. The number of amidine groups is 1. The highest BCUT2D eigenvalue weighted by Crippen LogP contribution is 2.20. The molecule has 0 aliphatic carbocycles. The summed E-state index contributed by atoms with van der Waals surface area (Å²) in [6.07, 6.45) is 3.74. The Kier molecular flexibility index (Phi) is 3.64. The van der Waals surface area contributed by atoms with Crippen molar-refractivity contribution >= 4 is 21.8 Å². The van der Waals surface area contributed by atoms with Crippen LogP contribution in [0.4, 0.5) is 0 Å². The zero-order chi connectivity index (χ0) is 11.5. The Labute approximate surface area is 105 Å². The van der Waals surface area contributed by atoms with Gasteiger partial charge in [-0.1, -0.05) is 28.1 Å². The van der Waals surface area contributed by atoms with Gasteiger partial charge < -0.3 is 4.90 Å². The summed E-state index contributed by atoms with van der Waals surface area (Å²) in [6.45, 7) is 4.13. The topological polar surface area (TPSA) is 27.1 Å². The third-order valence-electron chi connectivity index (χ3n) is 3.12. The molecule has 1 aliphatic heterocycles. The summed E-state index contributed by atoms with van der Waals surface area (Å²) in [5.41, 5.74) is 2.23. The highest BCUT2D eigenvalue weighted by Gasteiger charge is 2.15. The molecule has 0 radical (unpaired) electrons. The van der Waals surface area contributed by atoms with Crippen molar-refractivity contribution in [2.45, 2.75) is 26.2 Å². The molecule has 0 bridgehead atoms. The molecule has 1 heterocycles. The third kappa shape index (κ3) is 2.46. The second-order valence-corrected chi connectivity index (χ2v) is 5.21. The molecule has 0 aromatic heterocycles. The lowest BCUT2D eigenvalue weighted by Crippen LogP contribution is -2.35. The van der Waals surface area contributed by atoms with E-state index in [1.807, 2.05) is 12.1 Å². The van der Waals surface area contributed by atoms with Gasteiger partial charge in [0.25, 0.3) is 0 Å². The van der Waals surface area contributed by atoms with Crippen LogP contribution in [0.3, 0.4) is 0 Å². The van der Waals surface area contributed by atoms with E-state index in [0.717, 1.165) is 23.1 Å². The second-order valence-electron chi connectivity index (χ2n) is 4.36. The minimum atomic E-state index is 0.667. The molecule has 2 rings (SSSR count). The maximum atomic E-state index is 8.20. The van der Waals surface area contributed by atoms with Crippen molar-refractivity contribution in [3.05, 3.63) is 33.8 Å². The van der Waals surface area contributed by atoms with Crippen molar-refractivity contribution in [1.82, 2.24) is 4.90 Å². The monoisotopic (exact) mass is 280 g/mol. The van der Waals surface area contributed by atoms with Crippen molar-refractivity contribution in [1.29, 1.82) is 5.41 Å². The van der Waals surface area contributed by atoms with Gasteiger partial charge in [-0.3, -0.25) is 5.41 Å². The first-order valence-electron chi connectivity index (χ1n) is 5.78. The van der Waals surface area contributed by atoms with Crippen molar-refractivity contribution in [3.8, 4) is 0 Å². The summed E-state index contributed by atoms with van der Waals surface area (Å²) in [6, 6.07) is 6.15. The van der Waals surface area contributed by atoms with Gasteiger partial charge in [0.05, 0.1) is 0 Å². The van der Waals surface area contributed by atoms with Crippen molar-refractivity contribution in [2.75, 3.05) is 13.1 Å². The molecule has 0 atom stereocenters. The van der Waals surface area contributed by atoms with Crippen LogP contribution in [0.15, 0.2) is 22.7 Å². The number of nitrogens with zero attached hydrogens (tertiary/aromatic N) is 1. The van der Waals surface area contributed by atoms with Crippen LogP contribution in [0.1, 0.15) is 30.4 Å². The van der Waals surface area contributed by atoms with Crippen LogP contribution in [-0.4, -0.2) is 23.8 Å². The van der Waals surface area contributed by atoms with E-state index in [0.29, 0.717) is 5.84 Å². The summed E-state index contributed by atoms with van der Waals surface area (Å²) in [5, 5.41) is 8.20. The average molecular weight is 281 g/mol. The molecule has 3 heteroatoms. The molecular weight excluding hydrogens is 264 g/mol. The summed E-state index contributed by atoms with van der Waals surface area (Å²) >= 11 is 3.52. The van der Waals surface area contributed by atoms with E-state index in [2.05, 4.69) is 33.8 Å². The number of aryl methyl sites for hydroxylation is 1. The lowest BCUT2D eigenvalue weighted by Gasteiger charge is -2.29. The SMILES string of the molecule is Cc1ccc(C(=N)N2CCCCC2)cc1Br. The highest BCUT2D eigenvalue weighted by molar-refractivity contribution is 9.10. The van der Waals surface area contributed by atoms with Crippen LogP contribution < -0.4 is 0 Å². The molecule has 0 spiro atoms. The molecule has 1 saturated heterocycles. The van der Waals surface area contributed by atoms with E-state index >= 15 is 0 Å². The molecule has 16 heavy (non-hydrogen) atoms. The number of benzene rings is 1.